The first-order valence-electron chi connectivity index (χ1n) is 9.70. The van der Waals surface area contributed by atoms with Crippen LogP contribution in [0.4, 0.5) is 11.4 Å². The Balaban J connectivity index is 1.32. The zero-order chi connectivity index (χ0) is 20.2. The van der Waals surface area contributed by atoms with Crippen LogP contribution in [-0.4, -0.2) is 36.6 Å². The highest BCUT2D eigenvalue weighted by atomic mass is 79.9. The summed E-state index contributed by atoms with van der Waals surface area (Å²) >= 11 is 3.42. The molecule has 0 bridgehead atoms. The second kappa shape index (κ2) is 8.69. The summed E-state index contributed by atoms with van der Waals surface area (Å²) < 4.78 is 5.80. The van der Waals surface area contributed by atoms with Gasteiger partial charge in [-0.05, 0) is 65.5 Å². The van der Waals surface area contributed by atoms with Gasteiger partial charge in [0.25, 0.3) is 5.91 Å². The quantitative estimate of drug-likeness (QED) is 0.545. The molecule has 1 aliphatic rings. The van der Waals surface area contributed by atoms with Crippen molar-refractivity contribution in [1.29, 1.82) is 0 Å². The third-order valence-electron chi connectivity index (χ3n) is 5.05. The molecule has 2 heterocycles. The van der Waals surface area contributed by atoms with Gasteiger partial charge in [-0.2, -0.15) is 0 Å². The molecule has 0 unspecified atom stereocenters. The highest BCUT2D eigenvalue weighted by Gasteiger charge is 2.18. The second-order valence-corrected chi connectivity index (χ2v) is 7.87. The molecule has 4 rings (SSSR count). The van der Waals surface area contributed by atoms with E-state index in [4.69, 9.17) is 4.74 Å². The van der Waals surface area contributed by atoms with E-state index in [1.165, 1.54) is 19.3 Å². The van der Waals surface area contributed by atoms with Crippen LogP contribution in [0.25, 0.3) is 10.9 Å². The Hall–Kier alpha value is -2.80. The third-order valence-corrected chi connectivity index (χ3v) is 5.88. The topological polar surface area (TPSA) is 74.4 Å². The number of nitrogens with one attached hydrogen (secondary N) is 2. The number of halogens is 1. The first-order valence-corrected chi connectivity index (χ1v) is 10.5. The summed E-state index contributed by atoms with van der Waals surface area (Å²) in [5.41, 5.74) is 2.96. The minimum atomic E-state index is -0.580. The van der Waals surface area contributed by atoms with E-state index in [1.54, 1.807) is 0 Å². The Kier molecular flexibility index (Phi) is 5.85. The number of aromatic amines is 1. The van der Waals surface area contributed by atoms with Crippen molar-refractivity contribution in [3.05, 3.63) is 58.7 Å². The molecule has 1 aromatic heterocycles. The number of nitrogens with zero attached hydrogens (tertiary/aromatic N) is 1. The number of ether oxygens (including phenoxy) is 1. The molecule has 0 aliphatic carbocycles. The molecule has 0 saturated carbocycles. The molecule has 29 heavy (non-hydrogen) atoms. The summed E-state index contributed by atoms with van der Waals surface area (Å²) in [6.45, 7) is 1.80. The summed E-state index contributed by atoms with van der Waals surface area (Å²) in [5, 5.41) is 3.65. The Labute approximate surface area is 177 Å². The monoisotopic (exact) mass is 455 g/mol. The summed E-state index contributed by atoms with van der Waals surface area (Å²) in [6.07, 6.45) is 3.73. The van der Waals surface area contributed by atoms with Gasteiger partial charge in [-0.1, -0.05) is 18.2 Å². The number of fused-ring (bicyclic) bond motifs is 1. The number of amides is 1. The number of hydrogen-bond acceptors (Lipinski definition) is 4. The normalized spacial score (nSPS) is 14.0. The van der Waals surface area contributed by atoms with Crippen LogP contribution in [0, 0.1) is 0 Å². The van der Waals surface area contributed by atoms with E-state index in [1.807, 2.05) is 48.5 Å². The molecule has 0 radical (unpaired) electrons. The number of rotatable bonds is 5. The maximum absolute atomic E-state index is 12.3. The molecule has 6 nitrogen and oxygen atoms in total. The molecule has 0 atom stereocenters. The molecule has 1 amide bonds. The standard InChI is InChI=1S/C22H22BrN3O3/c23-20-17-6-2-3-7-18(17)25-21(20)22(28)29-14-19(27)24-15-8-10-16(11-9-15)26-12-4-1-5-13-26/h2-3,6-11,25H,1,4-5,12-14H2,(H,24,27). The molecule has 7 heteroatoms. The van der Waals surface area contributed by atoms with Gasteiger partial charge in [-0.25, -0.2) is 4.79 Å². The number of esters is 1. The van der Waals surface area contributed by atoms with Crippen LogP contribution in [0.2, 0.25) is 0 Å². The lowest BCUT2D eigenvalue weighted by Gasteiger charge is -2.28. The Bertz CT molecular complexity index is 1020. The van der Waals surface area contributed by atoms with E-state index in [-0.39, 0.29) is 12.5 Å². The van der Waals surface area contributed by atoms with Crippen LogP contribution < -0.4 is 10.2 Å². The largest absolute Gasteiger partial charge is 0.451 e. The molecule has 0 spiro atoms. The predicted molar refractivity (Wildman–Crippen MR) is 117 cm³/mol. The number of para-hydroxylation sites is 1. The van der Waals surface area contributed by atoms with Gasteiger partial charge >= 0.3 is 5.97 Å². The first kappa shape index (κ1) is 19.5. The smallest absolute Gasteiger partial charge is 0.356 e. The summed E-state index contributed by atoms with van der Waals surface area (Å²) in [6, 6.07) is 15.3. The van der Waals surface area contributed by atoms with Gasteiger partial charge in [-0.3, -0.25) is 4.79 Å². The summed E-state index contributed by atoms with van der Waals surface area (Å²) in [5.74, 6) is -0.958. The predicted octanol–water partition coefficient (Wildman–Crippen LogP) is 4.72. The molecule has 150 valence electrons. The molecule has 1 aliphatic heterocycles. The zero-order valence-electron chi connectivity index (χ0n) is 15.9. The zero-order valence-corrected chi connectivity index (χ0v) is 17.5. The summed E-state index contributed by atoms with van der Waals surface area (Å²) in [4.78, 5) is 29.9. The average molecular weight is 456 g/mol. The number of carbonyl (C=O) groups excluding carboxylic acids is 2. The average Bonchev–Trinajstić information content (AvgIpc) is 3.10. The number of carbonyl (C=O) groups is 2. The lowest BCUT2D eigenvalue weighted by atomic mass is 10.1. The lowest BCUT2D eigenvalue weighted by molar-refractivity contribution is -0.119. The van der Waals surface area contributed by atoms with Crippen LogP contribution in [0.15, 0.2) is 53.0 Å². The fourth-order valence-electron chi connectivity index (χ4n) is 3.56. The van der Waals surface area contributed by atoms with Crippen LogP contribution in [-0.2, 0) is 9.53 Å². The number of piperidine rings is 1. The molecule has 3 aromatic rings. The fourth-order valence-corrected chi connectivity index (χ4v) is 4.16. The SMILES string of the molecule is O=C(COC(=O)c1[nH]c2ccccc2c1Br)Nc1ccc(N2CCCCC2)cc1. The third kappa shape index (κ3) is 4.45. The van der Waals surface area contributed by atoms with Gasteiger partial charge in [0.05, 0.1) is 4.47 Å². The minimum absolute atomic E-state index is 0.296. The lowest BCUT2D eigenvalue weighted by Crippen LogP contribution is -2.29. The van der Waals surface area contributed by atoms with Crippen molar-refractivity contribution in [2.75, 3.05) is 29.9 Å². The van der Waals surface area contributed by atoms with Crippen molar-refractivity contribution in [2.45, 2.75) is 19.3 Å². The van der Waals surface area contributed by atoms with Gasteiger partial charge in [0.15, 0.2) is 6.61 Å². The number of aromatic nitrogens is 1. The fraction of sp³-hybridized carbons (Fsp3) is 0.273. The van der Waals surface area contributed by atoms with Crippen molar-refractivity contribution in [3.63, 3.8) is 0 Å². The van der Waals surface area contributed by atoms with Crippen molar-refractivity contribution >= 4 is 50.1 Å². The molecular formula is C22H22BrN3O3. The van der Waals surface area contributed by atoms with Crippen molar-refractivity contribution in [2.24, 2.45) is 0 Å². The van der Waals surface area contributed by atoms with E-state index >= 15 is 0 Å². The molecule has 1 fully saturated rings. The van der Waals surface area contributed by atoms with Crippen LogP contribution in [0.3, 0.4) is 0 Å². The van der Waals surface area contributed by atoms with E-state index in [0.29, 0.717) is 15.9 Å². The van der Waals surface area contributed by atoms with Gasteiger partial charge in [0.1, 0.15) is 5.69 Å². The van der Waals surface area contributed by atoms with Crippen molar-refractivity contribution < 1.29 is 14.3 Å². The summed E-state index contributed by atoms with van der Waals surface area (Å²) in [7, 11) is 0. The van der Waals surface area contributed by atoms with E-state index in [2.05, 4.69) is 31.1 Å². The maximum Gasteiger partial charge on any atom is 0.356 e. The van der Waals surface area contributed by atoms with Crippen molar-refractivity contribution in [1.82, 2.24) is 4.98 Å². The van der Waals surface area contributed by atoms with E-state index in [0.717, 1.165) is 29.7 Å². The minimum Gasteiger partial charge on any atom is -0.451 e. The highest BCUT2D eigenvalue weighted by Crippen LogP contribution is 2.28. The highest BCUT2D eigenvalue weighted by molar-refractivity contribution is 9.10. The van der Waals surface area contributed by atoms with Gasteiger partial charge < -0.3 is 19.9 Å². The van der Waals surface area contributed by atoms with Crippen LogP contribution in [0.1, 0.15) is 29.8 Å². The van der Waals surface area contributed by atoms with Crippen LogP contribution >= 0.6 is 15.9 Å². The van der Waals surface area contributed by atoms with E-state index in [9.17, 15) is 9.59 Å². The number of benzene rings is 2. The molecule has 1 saturated heterocycles. The maximum atomic E-state index is 12.3. The molecular weight excluding hydrogens is 434 g/mol. The Morgan fingerprint density at radius 1 is 1.03 bits per heavy atom. The molecule has 2 N–H and O–H groups in total. The second-order valence-electron chi connectivity index (χ2n) is 7.08. The van der Waals surface area contributed by atoms with E-state index < -0.39 is 5.97 Å². The first-order chi connectivity index (χ1) is 14.1. The van der Waals surface area contributed by atoms with Gasteiger partial charge in [0, 0.05) is 35.4 Å². The van der Waals surface area contributed by atoms with Gasteiger partial charge in [0.2, 0.25) is 0 Å². The number of anilines is 2. The molecule has 2 aromatic carbocycles. The Morgan fingerprint density at radius 2 is 1.76 bits per heavy atom. The van der Waals surface area contributed by atoms with Gasteiger partial charge in [-0.15, -0.1) is 0 Å². The number of H-pyrrole nitrogens is 1. The number of hydrogen-bond donors (Lipinski definition) is 2. The van der Waals surface area contributed by atoms with Crippen LogP contribution in [0.5, 0.6) is 0 Å². The Morgan fingerprint density at radius 3 is 2.48 bits per heavy atom. The van der Waals surface area contributed by atoms with Crippen molar-refractivity contribution in [3.8, 4) is 0 Å².